The van der Waals surface area contributed by atoms with Gasteiger partial charge >= 0.3 is 5.69 Å². The number of hydrogen-bond acceptors (Lipinski definition) is 7. The first-order valence-electron chi connectivity index (χ1n) is 9.11. The van der Waals surface area contributed by atoms with Crippen molar-refractivity contribution in [2.24, 2.45) is 0 Å². The molecule has 1 amide bonds. The lowest BCUT2D eigenvalue weighted by Gasteiger charge is -2.10. The van der Waals surface area contributed by atoms with Crippen molar-refractivity contribution >= 4 is 17.3 Å². The van der Waals surface area contributed by atoms with Crippen LogP contribution in [0.2, 0.25) is 0 Å². The number of fused-ring (bicyclic) bond motifs is 1. The molecule has 0 spiro atoms. The Bertz CT molecular complexity index is 1330. The largest absolute Gasteiger partial charge is 0.454 e. The van der Waals surface area contributed by atoms with Crippen LogP contribution in [0.3, 0.4) is 0 Å². The standard InChI is InChI=1S/C20H16N4O7/c1-11-3-2-4-14(24(28)29)17(11)22-18(25)13-8-21-20(27)23(19(13)26)9-12-5-6-15-16(7-12)31-10-30-15/h2-8H,9-10H2,1H3,(H,21,27)(H,22,25). The van der Waals surface area contributed by atoms with Crippen molar-refractivity contribution in [2.75, 3.05) is 12.1 Å². The number of benzene rings is 2. The number of nitro groups is 1. The first-order chi connectivity index (χ1) is 14.8. The molecular formula is C20H16N4O7. The van der Waals surface area contributed by atoms with E-state index in [0.717, 1.165) is 10.8 Å². The number of carbonyl (C=O) groups excluding carboxylic acids is 1. The summed E-state index contributed by atoms with van der Waals surface area (Å²) in [5, 5.41) is 13.7. The van der Waals surface area contributed by atoms with Crippen LogP contribution in [0, 0.1) is 17.0 Å². The number of anilines is 1. The molecule has 2 heterocycles. The number of para-hydroxylation sites is 1. The number of hydrogen-bond donors (Lipinski definition) is 2. The highest BCUT2D eigenvalue weighted by Crippen LogP contribution is 2.32. The molecule has 158 valence electrons. The SMILES string of the molecule is Cc1cccc([N+](=O)[O-])c1NC(=O)c1c[nH]c(=O)n(Cc2ccc3c(c2)OCO3)c1=O. The van der Waals surface area contributed by atoms with E-state index >= 15 is 0 Å². The van der Waals surface area contributed by atoms with Crippen LogP contribution in [0.25, 0.3) is 0 Å². The number of nitrogens with zero attached hydrogens (tertiary/aromatic N) is 2. The van der Waals surface area contributed by atoms with E-state index in [1.165, 1.54) is 12.1 Å². The van der Waals surface area contributed by atoms with Crippen molar-refractivity contribution in [3.05, 3.63) is 90.2 Å². The van der Waals surface area contributed by atoms with Crippen LogP contribution in [-0.2, 0) is 6.54 Å². The molecule has 0 saturated heterocycles. The highest BCUT2D eigenvalue weighted by molar-refractivity contribution is 6.05. The third-order valence-electron chi connectivity index (χ3n) is 4.77. The Hall–Kier alpha value is -4.41. The monoisotopic (exact) mass is 424 g/mol. The van der Waals surface area contributed by atoms with Gasteiger partial charge in [0.1, 0.15) is 11.3 Å². The molecule has 3 aromatic rings. The molecule has 0 radical (unpaired) electrons. The molecular weight excluding hydrogens is 408 g/mol. The quantitative estimate of drug-likeness (QED) is 0.469. The molecule has 2 aromatic carbocycles. The van der Waals surface area contributed by atoms with E-state index in [4.69, 9.17) is 9.47 Å². The minimum atomic E-state index is -0.877. The maximum Gasteiger partial charge on any atom is 0.328 e. The fourth-order valence-electron chi connectivity index (χ4n) is 3.19. The third kappa shape index (κ3) is 3.75. The zero-order chi connectivity index (χ0) is 22.1. The lowest BCUT2D eigenvalue weighted by molar-refractivity contribution is -0.384. The number of amides is 1. The van der Waals surface area contributed by atoms with Gasteiger partial charge in [-0.05, 0) is 30.2 Å². The van der Waals surface area contributed by atoms with Gasteiger partial charge in [0.05, 0.1) is 11.5 Å². The van der Waals surface area contributed by atoms with Crippen LogP contribution in [0.15, 0.2) is 52.2 Å². The summed E-state index contributed by atoms with van der Waals surface area (Å²) < 4.78 is 11.4. The van der Waals surface area contributed by atoms with Crippen LogP contribution in [-0.4, -0.2) is 27.2 Å². The minimum Gasteiger partial charge on any atom is -0.454 e. The molecule has 11 nitrogen and oxygen atoms in total. The molecule has 4 rings (SSSR count). The lowest BCUT2D eigenvalue weighted by Crippen LogP contribution is -2.39. The first-order valence-corrected chi connectivity index (χ1v) is 9.11. The number of rotatable bonds is 5. The van der Waals surface area contributed by atoms with E-state index in [2.05, 4.69) is 10.3 Å². The Kier molecular flexibility index (Phi) is 4.99. The molecule has 0 unspecified atom stereocenters. The van der Waals surface area contributed by atoms with Crippen LogP contribution in [0.4, 0.5) is 11.4 Å². The highest BCUT2D eigenvalue weighted by Gasteiger charge is 2.22. The van der Waals surface area contributed by atoms with Gasteiger partial charge in [0.2, 0.25) is 6.79 Å². The average molecular weight is 424 g/mol. The Morgan fingerprint density at radius 1 is 1.23 bits per heavy atom. The maximum absolute atomic E-state index is 12.9. The van der Waals surface area contributed by atoms with Crippen LogP contribution < -0.4 is 26.0 Å². The van der Waals surface area contributed by atoms with Gasteiger partial charge in [-0.1, -0.05) is 18.2 Å². The van der Waals surface area contributed by atoms with Gasteiger partial charge in [0.25, 0.3) is 17.2 Å². The van der Waals surface area contributed by atoms with E-state index in [0.29, 0.717) is 22.6 Å². The maximum atomic E-state index is 12.9. The smallest absolute Gasteiger partial charge is 0.328 e. The molecule has 11 heteroatoms. The zero-order valence-electron chi connectivity index (χ0n) is 16.2. The summed E-state index contributed by atoms with van der Waals surface area (Å²) in [7, 11) is 0. The highest BCUT2D eigenvalue weighted by atomic mass is 16.7. The van der Waals surface area contributed by atoms with Gasteiger partial charge in [-0.25, -0.2) is 4.79 Å². The molecule has 31 heavy (non-hydrogen) atoms. The van der Waals surface area contributed by atoms with Gasteiger partial charge in [-0.2, -0.15) is 0 Å². The van der Waals surface area contributed by atoms with Crippen LogP contribution in [0.1, 0.15) is 21.5 Å². The first kappa shape index (κ1) is 19.9. The number of H-pyrrole nitrogens is 1. The second kappa shape index (κ2) is 7.78. The summed E-state index contributed by atoms with van der Waals surface area (Å²) in [6.07, 6.45) is 0.986. The second-order valence-corrected chi connectivity index (χ2v) is 6.77. The van der Waals surface area contributed by atoms with Crippen molar-refractivity contribution < 1.29 is 19.2 Å². The molecule has 1 aliphatic rings. The van der Waals surface area contributed by atoms with Crippen LogP contribution in [0.5, 0.6) is 11.5 Å². The normalized spacial score (nSPS) is 11.9. The van der Waals surface area contributed by atoms with Crippen molar-refractivity contribution in [3.8, 4) is 11.5 Å². The number of nitro benzene ring substituents is 1. The van der Waals surface area contributed by atoms with E-state index in [9.17, 15) is 24.5 Å². The van der Waals surface area contributed by atoms with E-state index in [1.54, 1.807) is 31.2 Å². The third-order valence-corrected chi connectivity index (χ3v) is 4.77. The summed E-state index contributed by atoms with van der Waals surface area (Å²) in [5.74, 6) is 0.166. The Morgan fingerprint density at radius 3 is 2.77 bits per heavy atom. The zero-order valence-corrected chi connectivity index (χ0v) is 16.2. The van der Waals surface area contributed by atoms with Gasteiger partial charge < -0.3 is 19.8 Å². The molecule has 0 aliphatic carbocycles. The van der Waals surface area contributed by atoms with Gasteiger partial charge in [0.15, 0.2) is 11.5 Å². The van der Waals surface area contributed by atoms with Crippen molar-refractivity contribution in [1.29, 1.82) is 0 Å². The lowest BCUT2D eigenvalue weighted by atomic mass is 10.1. The summed E-state index contributed by atoms with van der Waals surface area (Å²) in [6, 6.07) is 9.29. The van der Waals surface area contributed by atoms with Crippen LogP contribution >= 0.6 is 0 Å². The molecule has 0 atom stereocenters. The summed E-state index contributed by atoms with van der Waals surface area (Å²) >= 11 is 0. The number of aromatic nitrogens is 2. The summed E-state index contributed by atoms with van der Waals surface area (Å²) in [5.41, 5.74) is -1.20. The summed E-state index contributed by atoms with van der Waals surface area (Å²) in [4.78, 5) is 50.8. The predicted molar refractivity (Wildman–Crippen MR) is 109 cm³/mol. The fourth-order valence-corrected chi connectivity index (χ4v) is 3.19. The Balaban J connectivity index is 1.67. The van der Waals surface area contributed by atoms with Crippen molar-refractivity contribution in [2.45, 2.75) is 13.5 Å². The second-order valence-electron chi connectivity index (χ2n) is 6.77. The fraction of sp³-hybridized carbons (Fsp3) is 0.150. The molecule has 0 fully saturated rings. The molecule has 0 saturated carbocycles. The van der Waals surface area contributed by atoms with E-state index in [1.807, 2.05) is 0 Å². The number of aromatic amines is 1. The topological polar surface area (TPSA) is 146 Å². The van der Waals surface area contributed by atoms with Crippen molar-refractivity contribution in [3.63, 3.8) is 0 Å². The van der Waals surface area contributed by atoms with Gasteiger partial charge in [0, 0.05) is 12.3 Å². The molecule has 0 bridgehead atoms. The van der Waals surface area contributed by atoms with E-state index < -0.39 is 22.1 Å². The van der Waals surface area contributed by atoms with Gasteiger partial charge in [-0.3, -0.25) is 24.3 Å². The van der Waals surface area contributed by atoms with E-state index in [-0.39, 0.29) is 30.3 Å². The number of ether oxygens (including phenoxy) is 2. The Labute approximate surface area is 174 Å². The minimum absolute atomic E-state index is 0.0228. The van der Waals surface area contributed by atoms with Gasteiger partial charge in [-0.15, -0.1) is 0 Å². The number of nitrogens with one attached hydrogen (secondary N) is 2. The Morgan fingerprint density at radius 2 is 2.00 bits per heavy atom. The average Bonchev–Trinajstić information content (AvgIpc) is 3.20. The molecule has 2 N–H and O–H groups in total. The summed E-state index contributed by atoms with van der Waals surface area (Å²) in [6.45, 7) is 1.56. The van der Waals surface area contributed by atoms with Crippen molar-refractivity contribution in [1.82, 2.24) is 9.55 Å². The predicted octanol–water partition coefficient (Wildman–Crippen LogP) is 1.78. The number of aryl methyl sites for hydroxylation is 1. The molecule has 1 aromatic heterocycles. The molecule has 1 aliphatic heterocycles. The number of carbonyl (C=O) groups is 1.